The van der Waals surface area contributed by atoms with Crippen LogP contribution in [0.5, 0.6) is 0 Å². The highest BCUT2D eigenvalue weighted by Gasteiger charge is 2.12. The van der Waals surface area contributed by atoms with Crippen molar-refractivity contribution in [2.45, 2.75) is 6.61 Å². The van der Waals surface area contributed by atoms with Gasteiger partial charge in [0, 0.05) is 16.5 Å². The van der Waals surface area contributed by atoms with E-state index < -0.39 is 11.9 Å². The summed E-state index contributed by atoms with van der Waals surface area (Å²) in [5, 5.41) is 5.79. The second-order valence-electron chi connectivity index (χ2n) is 5.48. The molecule has 0 radical (unpaired) electrons. The monoisotopic (exact) mass is 420 g/mol. The number of hydrogen-bond acceptors (Lipinski definition) is 5. The first-order valence-corrected chi connectivity index (χ1v) is 9.55. The smallest absolute Gasteiger partial charge is 0.325 e. The van der Waals surface area contributed by atoms with E-state index in [-0.39, 0.29) is 18.2 Å². The summed E-state index contributed by atoms with van der Waals surface area (Å²) < 4.78 is 5.15. The van der Waals surface area contributed by atoms with Crippen molar-refractivity contribution in [3.8, 4) is 10.6 Å². The molecule has 3 rings (SSSR count). The molecule has 27 heavy (non-hydrogen) atoms. The van der Waals surface area contributed by atoms with Crippen molar-refractivity contribution in [3.05, 3.63) is 75.2 Å². The highest BCUT2D eigenvalue weighted by atomic mass is 35.5. The van der Waals surface area contributed by atoms with Gasteiger partial charge in [-0.25, -0.2) is 4.98 Å². The fourth-order valence-electron chi connectivity index (χ4n) is 2.18. The van der Waals surface area contributed by atoms with Crippen LogP contribution in [0.1, 0.15) is 16.1 Å². The Bertz CT molecular complexity index is 961. The number of aromatic nitrogens is 1. The minimum atomic E-state index is -0.558. The Labute approximate surface area is 169 Å². The number of nitrogens with one attached hydrogen (secondary N) is 1. The van der Waals surface area contributed by atoms with Crippen LogP contribution in [0, 0.1) is 0 Å². The summed E-state index contributed by atoms with van der Waals surface area (Å²) in [6.45, 7) is -0.209. The third kappa shape index (κ3) is 5.29. The zero-order chi connectivity index (χ0) is 19.2. The first kappa shape index (κ1) is 19.4. The lowest BCUT2D eigenvalue weighted by Crippen LogP contribution is -2.30. The van der Waals surface area contributed by atoms with Crippen molar-refractivity contribution in [1.29, 1.82) is 0 Å². The molecule has 0 fully saturated rings. The zero-order valence-electron chi connectivity index (χ0n) is 13.9. The summed E-state index contributed by atoms with van der Waals surface area (Å²) in [5.74, 6) is -0.997. The van der Waals surface area contributed by atoms with E-state index in [2.05, 4.69) is 10.3 Å². The summed E-state index contributed by atoms with van der Waals surface area (Å²) in [7, 11) is 0. The number of halogens is 2. The number of carbonyl (C=O) groups is 2. The number of hydrogen-bond donors (Lipinski definition) is 1. The molecule has 0 saturated carbocycles. The Morgan fingerprint density at radius 2 is 1.85 bits per heavy atom. The first-order chi connectivity index (χ1) is 13.0. The Balaban J connectivity index is 1.48. The SMILES string of the molecule is O=C(CNC(=O)c1ccc(Cl)c(Cl)c1)OCc1csc(-c2ccccc2)n1. The molecule has 3 aromatic rings. The maximum Gasteiger partial charge on any atom is 0.325 e. The molecule has 0 unspecified atom stereocenters. The third-order valence-corrected chi connectivity index (χ3v) is 5.21. The molecule has 0 bridgehead atoms. The summed E-state index contributed by atoms with van der Waals surface area (Å²) in [4.78, 5) is 28.3. The minimum absolute atomic E-state index is 0.0464. The van der Waals surface area contributed by atoms with Gasteiger partial charge in [-0.3, -0.25) is 9.59 Å². The van der Waals surface area contributed by atoms with Crippen molar-refractivity contribution >= 4 is 46.4 Å². The third-order valence-electron chi connectivity index (χ3n) is 3.53. The highest BCUT2D eigenvalue weighted by Crippen LogP contribution is 2.24. The van der Waals surface area contributed by atoms with Gasteiger partial charge in [0.1, 0.15) is 18.2 Å². The number of carbonyl (C=O) groups excluding carboxylic acids is 2. The lowest BCUT2D eigenvalue weighted by atomic mass is 10.2. The summed E-state index contributed by atoms with van der Waals surface area (Å²) in [6.07, 6.45) is 0. The number of ether oxygens (including phenoxy) is 1. The van der Waals surface area contributed by atoms with Crippen LogP contribution in [0.15, 0.2) is 53.9 Å². The van der Waals surface area contributed by atoms with E-state index in [0.717, 1.165) is 10.6 Å². The van der Waals surface area contributed by atoms with Gasteiger partial charge < -0.3 is 10.1 Å². The summed E-state index contributed by atoms with van der Waals surface area (Å²) in [6, 6.07) is 14.2. The second-order valence-corrected chi connectivity index (χ2v) is 7.15. The van der Waals surface area contributed by atoms with Gasteiger partial charge >= 0.3 is 5.97 Å². The predicted molar refractivity (Wildman–Crippen MR) is 106 cm³/mol. The largest absolute Gasteiger partial charge is 0.458 e. The molecular weight excluding hydrogens is 407 g/mol. The van der Waals surface area contributed by atoms with Crippen molar-refractivity contribution in [1.82, 2.24) is 10.3 Å². The molecule has 0 aliphatic carbocycles. The quantitative estimate of drug-likeness (QED) is 0.592. The first-order valence-electron chi connectivity index (χ1n) is 7.91. The molecule has 2 aromatic carbocycles. The Hall–Kier alpha value is -2.41. The van der Waals surface area contributed by atoms with Crippen LogP contribution in [-0.2, 0) is 16.1 Å². The Morgan fingerprint density at radius 3 is 2.59 bits per heavy atom. The number of benzene rings is 2. The molecule has 0 atom stereocenters. The summed E-state index contributed by atoms with van der Waals surface area (Å²) in [5.41, 5.74) is 1.97. The van der Waals surface area contributed by atoms with Gasteiger partial charge in [0.05, 0.1) is 15.7 Å². The molecule has 5 nitrogen and oxygen atoms in total. The summed E-state index contributed by atoms with van der Waals surface area (Å²) >= 11 is 13.2. The Morgan fingerprint density at radius 1 is 1.07 bits per heavy atom. The molecule has 1 amide bonds. The molecule has 0 aliphatic rings. The lowest BCUT2D eigenvalue weighted by molar-refractivity contribution is -0.143. The van der Waals surface area contributed by atoms with E-state index in [9.17, 15) is 9.59 Å². The molecule has 0 aliphatic heterocycles. The molecule has 1 heterocycles. The average Bonchev–Trinajstić information content (AvgIpc) is 3.16. The van der Waals surface area contributed by atoms with Crippen LogP contribution >= 0.6 is 34.5 Å². The van der Waals surface area contributed by atoms with Gasteiger partial charge in [-0.15, -0.1) is 11.3 Å². The number of thiazole rings is 1. The number of rotatable bonds is 6. The lowest BCUT2D eigenvalue weighted by Gasteiger charge is -2.06. The standard InChI is InChI=1S/C19H14Cl2N2O3S/c20-15-7-6-13(8-16(15)21)18(25)22-9-17(24)26-10-14-11-27-19(23-14)12-4-2-1-3-5-12/h1-8,11H,9-10H2,(H,22,25). The average molecular weight is 421 g/mol. The van der Waals surface area contributed by atoms with E-state index >= 15 is 0 Å². The molecule has 8 heteroatoms. The van der Waals surface area contributed by atoms with E-state index in [1.54, 1.807) is 0 Å². The molecule has 138 valence electrons. The van der Waals surface area contributed by atoms with Gasteiger partial charge in [0.2, 0.25) is 0 Å². The molecular formula is C19H14Cl2N2O3S. The number of amides is 1. The van der Waals surface area contributed by atoms with Gasteiger partial charge in [0.25, 0.3) is 5.91 Å². The minimum Gasteiger partial charge on any atom is -0.458 e. The normalized spacial score (nSPS) is 10.4. The van der Waals surface area contributed by atoms with Crippen LogP contribution in [0.25, 0.3) is 10.6 Å². The van der Waals surface area contributed by atoms with Gasteiger partial charge in [-0.1, -0.05) is 53.5 Å². The van der Waals surface area contributed by atoms with Crippen LogP contribution in [-0.4, -0.2) is 23.4 Å². The van der Waals surface area contributed by atoms with Crippen molar-refractivity contribution < 1.29 is 14.3 Å². The maximum absolute atomic E-state index is 12.0. The molecule has 1 N–H and O–H groups in total. The second kappa shape index (κ2) is 8.99. The molecule has 0 spiro atoms. The fraction of sp³-hybridized carbons (Fsp3) is 0.105. The van der Waals surface area contributed by atoms with E-state index in [1.807, 2.05) is 35.7 Å². The van der Waals surface area contributed by atoms with Crippen LogP contribution in [0.4, 0.5) is 0 Å². The molecule has 1 aromatic heterocycles. The predicted octanol–water partition coefficient (Wildman–Crippen LogP) is 4.59. The van der Waals surface area contributed by atoms with Crippen LogP contribution in [0.2, 0.25) is 10.0 Å². The Kier molecular flexibility index (Phi) is 6.45. The van der Waals surface area contributed by atoms with Crippen molar-refractivity contribution in [2.24, 2.45) is 0 Å². The van der Waals surface area contributed by atoms with E-state index in [4.69, 9.17) is 27.9 Å². The van der Waals surface area contributed by atoms with E-state index in [1.165, 1.54) is 29.5 Å². The number of nitrogens with zero attached hydrogens (tertiary/aromatic N) is 1. The zero-order valence-corrected chi connectivity index (χ0v) is 16.3. The van der Waals surface area contributed by atoms with Crippen LogP contribution in [0.3, 0.4) is 0 Å². The highest BCUT2D eigenvalue weighted by molar-refractivity contribution is 7.13. The topological polar surface area (TPSA) is 68.3 Å². The van der Waals surface area contributed by atoms with Crippen LogP contribution < -0.4 is 5.32 Å². The molecule has 0 saturated heterocycles. The number of esters is 1. The van der Waals surface area contributed by atoms with Gasteiger partial charge in [0.15, 0.2) is 0 Å². The van der Waals surface area contributed by atoms with Gasteiger partial charge in [-0.2, -0.15) is 0 Å². The van der Waals surface area contributed by atoms with E-state index in [0.29, 0.717) is 16.3 Å². The van der Waals surface area contributed by atoms with Crippen molar-refractivity contribution in [3.63, 3.8) is 0 Å². The van der Waals surface area contributed by atoms with Gasteiger partial charge in [-0.05, 0) is 18.2 Å². The van der Waals surface area contributed by atoms with Crippen molar-refractivity contribution in [2.75, 3.05) is 6.54 Å². The maximum atomic E-state index is 12.0. The fourth-order valence-corrected chi connectivity index (χ4v) is 3.29.